The summed E-state index contributed by atoms with van der Waals surface area (Å²) >= 11 is 0. The molecule has 76 valence electrons. The quantitative estimate of drug-likeness (QED) is 0.573. The van der Waals surface area contributed by atoms with Crippen molar-refractivity contribution in [2.24, 2.45) is 5.73 Å². The molecule has 0 aromatic heterocycles. The number of nitrogens with two attached hydrogens (primary N) is 1. The van der Waals surface area contributed by atoms with Crippen LogP contribution in [0.1, 0.15) is 27.7 Å². The predicted octanol–water partition coefficient (Wildman–Crippen LogP) is 0.501. The van der Waals surface area contributed by atoms with Crippen LogP contribution in [0.3, 0.4) is 0 Å². The van der Waals surface area contributed by atoms with Crippen LogP contribution in [0.4, 0.5) is 0 Å². The molecule has 0 aliphatic heterocycles. The summed E-state index contributed by atoms with van der Waals surface area (Å²) in [5.74, 6) is 0. The third-order valence-corrected chi connectivity index (χ3v) is 4.21. The minimum atomic E-state index is -3.32. The van der Waals surface area contributed by atoms with Crippen molar-refractivity contribution < 1.29 is 9.79 Å². The number of hydrogen-bond donors (Lipinski definition) is 3. The molecule has 0 bridgehead atoms. The van der Waals surface area contributed by atoms with Crippen LogP contribution in [-0.2, 0) is 0 Å². The fourth-order valence-electron chi connectivity index (χ4n) is 1.53. The van der Waals surface area contributed by atoms with Crippen molar-refractivity contribution in [1.82, 2.24) is 4.67 Å². The Labute approximate surface area is 74.9 Å². The van der Waals surface area contributed by atoms with E-state index in [-0.39, 0.29) is 18.4 Å². The van der Waals surface area contributed by atoms with Gasteiger partial charge in [-0.05, 0) is 0 Å². The Morgan fingerprint density at radius 1 is 1.17 bits per heavy atom. The van der Waals surface area contributed by atoms with E-state index in [1.54, 1.807) is 4.67 Å². The average molecular weight is 196 g/mol. The molecule has 0 rings (SSSR count). The monoisotopic (exact) mass is 196 g/mol. The van der Waals surface area contributed by atoms with Gasteiger partial charge < -0.3 is 0 Å². The zero-order valence-electron chi connectivity index (χ0n) is 8.28. The second-order valence-corrected chi connectivity index (χ2v) is 6.05. The molecule has 4 N–H and O–H groups in total. The fourth-order valence-corrected chi connectivity index (χ4v) is 3.39. The molecular formula is C7H21N2O2P. The van der Waals surface area contributed by atoms with E-state index in [4.69, 9.17) is 5.73 Å². The van der Waals surface area contributed by atoms with Gasteiger partial charge in [0.25, 0.3) is 0 Å². The molecule has 0 unspecified atom stereocenters. The van der Waals surface area contributed by atoms with Crippen LogP contribution in [0.5, 0.6) is 0 Å². The molecule has 0 amide bonds. The van der Waals surface area contributed by atoms with Crippen molar-refractivity contribution in [2.45, 2.75) is 39.8 Å². The Balaban J connectivity index is 4.50. The van der Waals surface area contributed by atoms with Gasteiger partial charge in [0.05, 0.1) is 0 Å². The average Bonchev–Trinajstić information content (AvgIpc) is 1.84. The molecule has 0 saturated heterocycles. The maximum absolute atomic E-state index is 9.62. The Morgan fingerprint density at radius 2 is 1.50 bits per heavy atom. The van der Waals surface area contributed by atoms with E-state index in [2.05, 4.69) is 0 Å². The SMILES string of the molecule is CC(C)N(C(C)C)[PH](O)(O)CN. The van der Waals surface area contributed by atoms with Crippen LogP contribution < -0.4 is 5.73 Å². The summed E-state index contributed by atoms with van der Waals surface area (Å²) in [6.07, 6.45) is -0.0383. The Morgan fingerprint density at radius 3 is 1.58 bits per heavy atom. The summed E-state index contributed by atoms with van der Waals surface area (Å²) in [5, 5.41) is 0. The van der Waals surface area contributed by atoms with Gasteiger partial charge in [-0.2, -0.15) is 0 Å². The first kappa shape index (κ1) is 12.3. The molecule has 0 saturated carbocycles. The molecule has 0 heterocycles. The van der Waals surface area contributed by atoms with Gasteiger partial charge in [-0.15, -0.1) is 0 Å². The van der Waals surface area contributed by atoms with Gasteiger partial charge in [0.2, 0.25) is 0 Å². The Hall–Kier alpha value is 0.270. The van der Waals surface area contributed by atoms with Crippen molar-refractivity contribution in [1.29, 1.82) is 0 Å². The van der Waals surface area contributed by atoms with Crippen LogP contribution in [-0.4, -0.2) is 32.8 Å². The zero-order valence-corrected chi connectivity index (χ0v) is 9.28. The fraction of sp³-hybridized carbons (Fsp3) is 1.00. The van der Waals surface area contributed by atoms with Gasteiger partial charge >= 0.3 is 74.1 Å². The summed E-state index contributed by atoms with van der Waals surface area (Å²) in [6, 6.07) is 0.241. The number of nitrogens with zero attached hydrogens (tertiary/aromatic N) is 1. The Bertz CT molecular complexity index is 131. The van der Waals surface area contributed by atoms with E-state index >= 15 is 0 Å². The zero-order chi connectivity index (χ0) is 9.94. The molecule has 0 radical (unpaired) electrons. The van der Waals surface area contributed by atoms with Crippen molar-refractivity contribution in [3.8, 4) is 0 Å². The normalized spacial score (nSPS) is 14.8. The van der Waals surface area contributed by atoms with Gasteiger partial charge in [-0.25, -0.2) is 0 Å². The summed E-state index contributed by atoms with van der Waals surface area (Å²) < 4.78 is 1.70. The number of rotatable bonds is 4. The van der Waals surface area contributed by atoms with Gasteiger partial charge in [-0.3, -0.25) is 0 Å². The van der Waals surface area contributed by atoms with E-state index in [1.807, 2.05) is 27.7 Å². The van der Waals surface area contributed by atoms with Crippen LogP contribution >= 0.6 is 7.87 Å². The molecule has 0 spiro atoms. The molecule has 0 aromatic carbocycles. The van der Waals surface area contributed by atoms with E-state index in [0.29, 0.717) is 0 Å². The van der Waals surface area contributed by atoms with Crippen LogP contribution in [0, 0.1) is 0 Å². The molecule has 0 fully saturated rings. The van der Waals surface area contributed by atoms with Crippen molar-refractivity contribution in [3.05, 3.63) is 0 Å². The van der Waals surface area contributed by atoms with E-state index < -0.39 is 7.87 Å². The topological polar surface area (TPSA) is 69.7 Å². The molecular weight excluding hydrogens is 175 g/mol. The molecule has 0 aliphatic rings. The van der Waals surface area contributed by atoms with Crippen molar-refractivity contribution >= 4 is 7.87 Å². The van der Waals surface area contributed by atoms with Gasteiger partial charge in [-0.1, -0.05) is 0 Å². The summed E-state index contributed by atoms with van der Waals surface area (Å²) in [5.41, 5.74) is 5.30. The van der Waals surface area contributed by atoms with E-state index in [9.17, 15) is 9.79 Å². The third-order valence-electron chi connectivity index (χ3n) is 1.80. The molecule has 0 aromatic rings. The Kier molecular flexibility index (Phi) is 4.59. The summed E-state index contributed by atoms with van der Waals surface area (Å²) in [7, 11) is -3.32. The van der Waals surface area contributed by atoms with E-state index in [1.165, 1.54) is 0 Å². The molecule has 0 aliphatic carbocycles. The van der Waals surface area contributed by atoms with Gasteiger partial charge in [0.1, 0.15) is 0 Å². The van der Waals surface area contributed by atoms with Crippen molar-refractivity contribution in [2.75, 3.05) is 6.29 Å². The van der Waals surface area contributed by atoms with Gasteiger partial charge in [0.15, 0.2) is 0 Å². The predicted molar refractivity (Wildman–Crippen MR) is 53.9 cm³/mol. The molecule has 5 heteroatoms. The van der Waals surface area contributed by atoms with Crippen LogP contribution in [0.25, 0.3) is 0 Å². The first-order valence-corrected chi connectivity index (χ1v) is 6.31. The molecule has 12 heavy (non-hydrogen) atoms. The van der Waals surface area contributed by atoms with Crippen LogP contribution in [0.15, 0.2) is 0 Å². The molecule has 0 atom stereocenters. The first-order valence-electron chi connectivity index (χ1n) is 4.26. The van der Waals surface area contributed by atoms with Crippen LogP contribution in [0.2, 0.25) is 0 Å². The second-order valence-electron chi connectivity index (χ2n) is 3.57. The maximum atomic E-state index is 9.62. The van der Waals surface area contributed by atoms with E-state index in [0.717, 1.165) is 0 Å². The first-order chi connectivity index (χ1) is 5.33. The van der Waals surface area contributed by atoms with Gasteiger partial charge in [0, 0.05) is 0 Å². The standard InChI is InChI=1S/C7H21N2O2P/c1-6(2)9(7(3)4)12(10,11)5-8/h6-7,10-12H,5,8H2,1-4H3. The minimum absolute atomic E-state index is 0.0383. The van der Waals surface area contributed by atoms with Crippen molar-refractivity contribution in [3.63, 3.8) is 0 Å². The second kappa shape index (κ2) is 4.49. The third kappa shape index (κ3) is 2.96. The number of hydrogen-bond acceptors (Lipinski definition) is 4. The summed E-state index contributed by atoms with van der Waals surface area (Å²) in [6.45, 7) is 7.74. The summed E-state index contributed by atoms with van der Waals surface area (Å²) in [4.78, 5) is 19.2. The molecule has 4 nitrogen and oxygen atoms in total.